The number of hydrogen-bond donors (Lipinski definition) is 0. The van der Waals surface area contributed by atoms with Gasteiger partial charge in [0.25, 0.3) is 5.91 Å². The van der Waals surface area contributed by atoms with E-state index in [0.717, 1.165) is 22.5 Å². The van der Waals surface area contributed by atoms with Gasteiger partial charge in [0, 0.05) is 41.9 Å². The zero-order valence-electron chi connectivity index (χ0n) is 27.8. The second-order valence-corrected chi connectivity index (χ2v) is 12.8. The van der Waals surface area contributed by atoms with Crippen LogP contribution in [0, 0.1) is 12.3 Å². The van der Waals surface area contributed by atoms with Crippen LogP contribution >= 0.6 is 11.6 Å². The summed E-state index contributed by atoms with van der Waals surface area (Å²) in [6, 6.07) is 28.6. The highest BCUT2D eigenvalue weighted by molar-refractivity contribution is 6.33. The number of nitrogens with zero attached hydrogens (tertiary/aromatic N) is 7. The number of para-hydroxylation sites is 1. The number of hydrogen-bond acceptors (Lipinski definition) is 8. The number of aromatic nitrogens is 6. The van der Waals surface area contributed by atoms with Crippen molar-refractivity contribution >= 4 is 23.5 Å². The summed E-state index contributed by atoms with van der Waals surface area (Å²) >= 11 is 6.58. The molecule has 1 amide bonds. The summed E-state index contributed by atoms with van der Waals surface area (Å²) in [5, 5.41) is 14.1. The third-order valence-electron chi connectivity index (χ3n) is 9.13. The van der Waals surface area contributed by atoms with Crippen molar-refractivity contribution in [3.8, 4) is 28.4 Å². The highest BCUT2D eigenvalue weighted by Gasteiger charge is 2.44. The molecule has 0 aliphatic carbocycles. The average molecular weight is 690 g/mol. The Bertz CT molecular complexity index is 2120. The monoisotopic (exact) mass is 689 g/mol. The number of aryl methyl sites for hydroxylation is 1. The van der Waals surface area contributed by atoms with Crippen molar-refractivity contribution < 1.29 is 18.7 Å². The van der Waals surface area contributed by atoms with Crippen LogP contribution in [0.25, 0.3) is 28.4 Å². The lowest BCUT2D eigenvalue weighted by Gasteiger charge is -2.39. The lowest BCUT2D eigenvalue weighted by molar-refractivity contribution is -0.158. The van der Waals surface area contributed by atoms with Gasteiger partial charge in [-0.15, -0.1) is 5.10 Å². The van der Waals surface area contributed by atoms with E-state index in [4.69, 9.17) is 25.9 Å². The molecule has 6 aromatic rings. The lowest BCUT2D eigenvalue weighted by Crippen LogP contribution is -2.48. The lowest BCUT2D eigenvalue weighted by atomic mass is 9.74. The zero-order chi connectivity index (χ0) is 34.7. The number of likely N-dealkylation sites (tertiary alicyclic amines) is 1. The Labute approximate surface area is 294 Å². The van der Waals surface area contributed by atoms with Crippen molar-refractivity contribution in [2.24, 2.45) is 5.41 Å². The Balaban J connectivity index is 1.08. The highest BCUT2D eigenvalue weighted by atomic mass is 35.5. The third-order valence-corrected chi connectivity index (χ3v) is 9.46. The van der Waals surface area contributed by atoms with E-state index in [0.29, 0.717) is 72.7 Å². The Morgan fingerprint density at radius 1 is 0.960 bits per heavy atom. The normalized spacial score (nSPS) is 14.1. The first kappa shape index (κ1) is 33.0. The fraction of sp³-hybridized carbons (Fsp3) is 0.263. The Morgan fingerprint density at radius 3 is 2.38 bits per heavy atom. The molecule has 1 aliphatic rings. The third kappa shape index (κ3) is 6.69. The van der Waals surface area contributed by atoms with Crippen LogP contribution in [0.5, 0.6) is 0 Å². The standard InChI is InChI=1S/C38H36ClN7O4/c1-3-49-37(48)38(23-28-24-45(43-41-28)25-33-26(2)50-35(40-33)27-12-6-4-7-13-27)18-20-44(21-19-38)36(47)32-22-34(30-16-10-11-17-31(30)39)46(42-32)29-14-8-5-9-15-29/h4-17,22,24H,3,18-21,23,25H2,1-2H3. The SMILES string of the molecule is CCOC(=O)C1(Cc2cn(Cc3nc(-c4ccccc4)oc3C)nn2)CCN(C(=O)c2cc(-c3ccccc3Cl)n(-c3ccccc3)n2)CC1. The van der Waals surface area contributed by atoms with Gasteiger partial charge in [-0.1, -0.05) is 71.4 Å². The Hall–Kier alpha value is -5.55. The van der Waals surface area contributed by atoms with Crippen molar-refractivity contribution in [3.63, 3.8) is 0 Å². The van der Waals surface area contributed by atoms with Gasteiger partial charge in [-0.3, -0.25) is 9.59 Å². The number of piperidine rings is 1. The van der Waals surface area contributed by atoms with Crippen molar-refractivity contribution in [1.29, 1.82) is 0 Å². The van der Waals surface area contributed by atoms with E-state index in [1.807, 2.05) is 98.0 Å². The molecule has 3 aromatic carbocycles. The molecule has 0 N–H and O–H groups in total. The number of benzene rings is 3. The van der Waals surface area contributed by atoms with Crippen molar-refractivity contribution in [2.75, 3.05) is 19.7 Å². The average Bonchev–Trinajstić information content (AvgIpc) is 3.88. The minimum Gasteiger partial charge on any atom is -0.466 e. The van der Waals surface area contributed by atoms with E-state index in [1.165, 1.54) is 0 Å². The smallest absolute Gasteiger partial charge is 0.312 e. The molecule has 0 saturated carbocycles. The first-order valence-electron chi connectivity index (χ1n) is 16.6. The second kappa shape index (κ2) is 14.1. The molecule has 7 rings (SSSR count). The predicted octanol–water partition coefficient (Wildman–Crippen LogP) is 6.82. The van der Waals surface area contributed by atoms with E-state index in [2.05, 4.69) is 15.3 Å². The number of amides is 1. The summed E-state index contributed by atoms with van der Waals surface area (Å²) in [6.45, 7) is 5.01. The van der Waals surface area contributed by atoms with Crippen molar-refractivity contribution in [3.05, 3.63) is 125 Å². The minimum absolute atomic E-state index is 0.214. The number of ether oxygens (including phenoxy) is 1. The number of halogens is 1. The van der Waals surface area contributed by atoms with Crippen LogP contribution in [0.15, 0.2) is 102 Å². The maximum absolute atomic E-state index is 13.9. The first-order chi connectivity index (χ1) is 24.3. The topological polar surface area (TPSA) is 121 Å². The quantitative estimate of drug-likeness (QED) is 0.144. The zero-order valence-corrected chi connectivity index (χ0v) is 28.6. The van der Waals surface area contributed by atoms with E-state index in [1.54, 1.807) is 27.3 Å². The summed E-state index contributed by atoms with van der Waals surface area (Å²) in [4.78, 5) is 33.9. The van der Waals surface area contributed by atoms with Crippen LogP contribution < -0.4 is 0 Å². The fourth-order valence-corrected chi connectivity index (χ4v) is 6.66. The molecular formula is C38H36ClN7O4. The van der Waals surface area contributed by atoms with Crippen LogP contribution in [0.2, 0.25) is 5.02 Å². The Kier molecular flexibility index (Phi) is 9.31. The molecule has 0 radical (unpaired) electrons. The van der Waals surface area contributed by atoms with Gasteiger partial charge in [-0.25, -0.2) is 14.3 Å². The molecule has 0 atom stereocenters. The highest BCUT2D eigenvalue weighted by Crippen LogP contribution is 2.37. The number of rotatable bonds is 10. The van der Waals surface area contributed by atoms with Crippen LogP contribution in [0.3, 0.4) is 0 Å². The van der Waals surface area contributed by atoms with Gasteiger partial charge >= 0.3 is 5.97 Å². The molecule has 1 saturated heterocycles. The first-order valence-corrected chi connectivity index (χ1v) is 17.0. The van der Waals surface area contributed by atoms with Crippen LogP contribution in [0.4, 0.5) is 0 Å². The molecule has 0 bridgehead atoms. The van der Waals surface area contributed by atoms with E-state index in [9.17, 15) is 9.59 Å². The van der Waals surface area contributed by atoms with Crippen LogP contribution in [-0.4, -0.2) is 66.2 Å². The number of esters is 1. The summed E-state index contributed by atoms with van der Waals surface area (Å²) in [5.41, 5.74) is 4.04. The summed E-state index contributed by atoms with van der Waals surface area (Å²) in [5.74, 6) is 0.742. The minimum atomic E-state index is -0.857. The number of carbonyl (C=O) groups excluding carboxylic acids is 2. The van der Waals surface area contributed by atoms with Crippen LogP contribution in [0.1, 0.15) is 47.4 Å². The van der Waals surface area contributed by atoms with Gasteiger partial charge in [0.15, 0.2) is 5.69 Å². The van der Waals surface area contributed by atoms with Crippen molar-refractivity contribution in [1.82, 2.24) is 34.7 Å². The molecule has 3 aromatic heterocycles. The molecule has 0 spiro atoms. The summed E-state index contributed by atoms with van der Waals surface area (Å²) < 4.78 is 14.9. The van der Waals surface area contributed by atoms with Crippen molar-refractivity contribution in [2.45, 2.75) is 39.7 Å². The van der Waals surface area contributed by atoms with Gasteiger partial charge in [-0.2, -0.15) is 5.10 Å². The molecule has 11 nitrogen and oxygen atoms in total. The van der Waals surface area contributed by atoms with Gasteiger partial charge in [0.1, 0.15) is 11.5 Å². The predicted molar refractivity (Wildman–Crippen MR) is 188 cm³/mol. The number of carbonyl (C=O) groups is 2. The maximum Gasteiger partial charge on any atom is 0.312 e. The number of oxazole rings is 1. The molecule has 0 unspecified atom stereocenters. The van der Waals surface area contributed by atoms with Gasteiger partial charge in [-0.05, 0) is 63.1 Å². The largest absolute Gasteiger partial charge is 0.466 e. The second-order valence-electron chi connectivity index (χ2n) is 12.4. The molecule has 50 heavy (non-hydrogen) atoms. The molecule has 254 valence electrons. The molecular weight excluding hydrogens is 654 g/mol. The molecule has 12 heteroatoms. The molecule has 1 aliphatic heterocycles. The van der Waals surface area contributed by atoms with Gasteiger partial charge in [0.05, 0.1) is 35.6 Å². The molecule has 4 heterocycles. The molecule has 1 fully saturated rings. The fourth-order valence-electron chi connectivity index (χ4n) is 6.43. The summed E-state index contributed by atoms with van der Waals surface area (Å²) in [7, 11) is 0. The van der Waals surface area contributed by atoms with E-state index >= 15 is 0 Å². The maximum atomic E-state index is 13.9. The summed E-state index contributed by atoms with van der Waals surface area (Å²) in [6.07, 6.45) is 2.98. The van der Waals surface area contributed by atoms with Crippen LogP contribution in [-0.2, 0) is 22.5 Å². The Morgan fingerprint density at radius 2 is 1.66 bits per heavy atom. The van der Waals surface area contributed by atoms with Gasteiger partial charge < -0.3 is 14.1 Å². The van der Waals surface area contributed by atoms with E-state index < -0.39 is 5.41 Å². The van der Waals surface area contributed by atoms with Gasteiger partial charge in [0.2, 0.25) is 5.89 Å². The van der Waals surface area contributed by atoms with E-state index in [-0.39, 0.29) is 18.5 Å².